The molecule has 0 saturated carbocycles. The van der Waals surface area contributed by atoms with E-state index in [1.54, 1.807) is 0 Å². The van der Waals surface area contributed by atoms with Gasteiger partial charge < -0.3 is 5.32 Å². The molecular formula is C17H20N2O4S. The summed E-state index contributed by atoms with van der Waals surface area (Å²) in [6.45, 7) is 4.68. The van der Waals surface area contributed by atoms with Crippen molar-refractivity contribution in [1.29, 1.82) is 0 Å². The Morgan fingerprint density at radius 2 is 1.71 bits per heavy atom. The molecule has 0 heterocycles. The van der Waals surface area contributed by atoms with Crippen LogP contribution in [0.5, 0.6) is 0 Å². The van der Waals surface area contributed by atoms with Crippen molar-refractivity contribution in [2.24, 2.45) is 0 Å². The fourth-order valence-corrected chi connectivity index (χ4v) is 3.50. The number of sulfone groups is 1. The lowest BCUT2D eigenvalue weighted by Crippen LogP contribution is -2.08. The van der Waals surface area contributed by atoms with E-state index in [9.17, 15) is 18.5 Å². The normalized spacial score (nSPS) is 11.3. The van der Waals surface area contributed by atoms with Crippen LogP contribution in [0.15, 0.2) is 41.3 Å². The van der Waals surface area contributed by atoms with E-state index in [2.05, 4.69) is 23.5 Å². The molecule has 1 N–H and O–H groups in total. The SMILES string of the molecule is Cc1cc(C)cc(CCNc2ccc([N+](=O)[O-])c(S(C)(=O)=O)c2)c1. The molecule has 7 heteroatoms. The average molecular weight is 348 g/mol. The number of hydrogen-bond donors (Lipinski definition) is 1. The fraction of sp³-hybridized carbons (Fsp3) is 0.294. The van der Waals surface area contributed by atoms with Crippen LogP contribution in [0.4, 0.5) is 11.4 Å². The van der Waals surface area contributed by atoms with Gasteiger partial charge in [-0.05, 0) is 38.0 Å². The molecule has 2 rings (SSSR count). The molecule has 0 aromatic heterocycles. The molecule has 0 spiro atoms. The van der Waals surface area contributed by atoms with Gasteiger partial charge in [0.15, 0.2) is 9.84 Å². The van der Waals surface area contributed by atoms with Crippen molar-refractivity contribution in [3.8, 4) is 0 Å². The van der Waals surface area contributed by atoms with Crippen LogP contribution in [0.2, 0.25) is 0 Å². The van der Waals surface area contributed by atoms with Gasteiger partial charge in [-0.3, -0.25) is 10.1 Å². The van der Waals surface area contributed by atoms with E-state index < -0.39 is 20.4 Å². The summed E-state index contributed by atoms with van der Waals surface area (Å²) in [5.74, 6) is 0. The predicted octanol–water partition coefficient (Wildman–Crippen LogP) is 3.27. The largest absolute Gasteiger partial charge is 0.385 e. The van der Waals surface area contributed by atoms with Crippen LogP contribution < -0.4 is 5.32 Å². The highest BCUT2D eigenvalue weighted by Crippen LogP contribution is 2.27. The number of hydrogen-bond acceptors (Lipinski definition) is 5. The maximum Gasteiger partial charge on any atom is 0.288 e. The van der Waals surface area contributed by atoms with Crippen LogP contribution in [0, 0.1) is 24.0 Å². The first kappa shape index (κ1) is 17.9. The van der Waals surface area contributed by atoms with E-state index in [1.807, 2.05) is 13.8 Å². The van der Waals surface area contributed by atoms with Crippen LogP contribution in [-0.4, -0.2) is 26.1 Å². The van der Waals surface area contributed by atoms with Gasteiger partial charge in [0.05, 0.1) is 4.92 Å². The Bertz CT molecular complexity index is 856. The third-order valence-corrected chi connectivity index (χ3v) is 4.71. The number of nitrogens with zero attached hydrogens (tertiary/aromatic N) is 1. The Labute approximate surface area is 141 Å². The maximum absolute atomic E-state index is 11.7. The van der Waals surface area contributed by atoms with Gasteiger partial charge in [0.25, 0.3) is 5.69 Å². The number of nitro benzene ring substituents is 1. The van der Waals surface area contributed by atoms with Crippen molar-refractivity contribution >= 4 is 21.2 Å². The first-order valence-corrected chi connectivity index (χ1v) is 9.35. The molecule has 0 fully saturated rings. The monoisotopic (exact) mass is 348 g/mol. The molecule has 6 nitrogen and oxygen atoms in total. The van der Waals surface area contributed by atoms with Crippen molar-refractivity contribution < 1.29 is 13.3 Å². The molecule has 0 amide bonds. The summed E-state index contributed by atoms with van der Waals surface area (Å²) in [4.78, 5) is 10.0. The van der Waals surface area contributed by atoms with Gasteiger partial charge in [0, 0.05) is 24.6 Å². The third-order valence-electron chi connectivity index (χ3n) is 3.58. The number of rotatable bonds is 6. The van der Waals surface area contributed by atoms with Crippen molar-refractivity contribution in [3.63, 3.8) is 0 Å². The minimum atomic E-state index is -3.67. The smallest absolute Gasteiger partial charge is 0.288 e. The average Bonchev–Trinajstić information content (AvgIpc) is 2.45. The van der Waals surface area contributed by atoms with Crippen LogP contribution in [0.1, 0.15) is 16.7 Å². The second kappa shape index (κ2) is 7.00. The van der Waals surface area contributed by atoms with E-state index in [0.717, 1.165) is 12.7 Å². The molecule has 0 aliphatic carbocycles. The van der Waals surface area contributed by atoms with Gasteiger partial charge in [-0.2, -0.15) is 0 Å². The zero-order valence-corrected chi connectivity index (χ0v) is 14.7. The number of benzene rings is 2. The summed E-state index contributed by atoms with van der Waals surface area (Å²) in [5, 5.41) is 14.1. The molecule has 0 unspecified atom stereocenters. The molecule has 24 heavy (non-hydrogen) atoms. The third kappa shape index (κ3) is 4.55. The summed E-state index contributed by atoms with van der Waals surface area (Å²) in [5.41, 5.74) is 3.72. The first-order chi connectivity index (χ1) is 11.2. The molecule has 0 bridgehead atoms. The predicted molar refractivity (Wildman–Crippen MR) is 94.3 cm³/mol. The molecule has 0 atom stereocenters. The zero-order valence-electron chi connectivity index (χ0n) is 13.9. The molecule has 0 saturated heterocycles. The molecule has 128 valence electrons. The Kier molecular flexibility index (Phi) is 5.23. The lowest BCUT2D eigenvalue weighted by Gasteiger charge is -2.09. The van der Waals surface area contributed by atoms with Crippen LogP contribution in [-0.2, 0) is 16.3 Å². The van der Waals surface area contributed by atoms with Crippen LogP contribution in [0.3, 0.4) is 0 Å². The van der Waals surface area contributed by atoms with Crippen molar-refractivity contribution in [1.82, 2.24) is 0 Å². The highest BCUT2D eigenvalue weighted by atomic mass is 32.2. The Morgan fingerprint density at radius 1 is 1.08 bits per heavy atom. The summed E-state index contributed by atoms with van der Waals surface area (Å²) in [7, 11) is -3.67. The van der Waals surface area contributed by atoms with Crippen molar-refractivity contribution in [2.75, 3.05) is 18.1 Å². The first-order valence-electron chi connectivity index (χ1n) is 7.46. The highest BCUT2D eigenvalue weighted by molar-refractivity contribution is 7.90. The van der Waals surface area contributed by atoms with E-state index >= 15 is 0 Å². The number of nitrogens with one attached hydrogen (secondary N) is 1. The van der Waals surface area contributed by atoms with Gasteiger partial charge in [-0.1, -0.05) is 29.3 Å². The second-order valence-electron chi connectivity index (χ2n) is 5.88. The second-order valence-corrected chi connectivity index (χ2v) is 7.87. The number of nitro groups is 1. The van der Waals surface area contributed by atoms with E-state index in [-0.39, 0.29) is 4.90 Å². The van der Waals surface area contributed by atoms with Gasteiger partial charge >= 0.3 is 0 Å². The lowest BCUT2D eigenvalue weighted by atomic mass is 10.1. The van der Waals surface area contributed by atoms with Crippen LogP contribution >= 0.6 is 0 Å². The van der Waals surface area contributed by atoms with E-state index in [0.29, 0.717) is 12.2 Å². The topological polar surface area (TPSA) is 89.3 Å². The number of aryl methyl sites for hydroxylation is 2. The van der Waals surface area contributed by atoms with Crippen molar-refractivity contribution in [2.45, 2.75) is 25.2 Å². The van der Waals surface area contributed by atoms with Crippen LogP contribution in [0.25, 0.3) is 0 Å². The molecule has 0 aliphatic rings. The summed E-state index contributed by atoms with van der Waals surface area (Å²) < 4.78 is 23.5. The molecular weight excluding hydrogens is 328 g/mol. The Balaban J connectivity index is 2.14. The lowest BCUT2D eigenvalue weighted by molar-refractivity contribution is -0.387. The van der Waals surface area contributed by atoms with Gasteiger partial charge in [-0.25, -0.2) is 8.42 Å². The summed E-state index contributed by atoms with van der Waals surface area (Å²) >= 11 is 0. The van der Waals surface area contributed by atoms with Gasteiger partial charge in [-0.15, -0.1) is 0 Å². The molecule has 2 aromatic carbocycles. The summed E-state index contributed by atoms with van der Waals surface area (Å²) in [6, 6.07) is 10.4. The minimum Gasteiger partial charge on any atom is -0.385 e. The maximum atomic E-state index is 11.7. The Hall–Kier alpha value is -2.41. The van der Waals surface area contributed by atoms with E-state index in [1.165, 1.54) is 34.9 Å². The fourth-order valence-electron chi connectivity index (χ4n) is 2.64. The van der Waals surface area contributed by atoms with Gasteiger partial charge in [0.2, 0.25) is 0 Å². The van der Waals surface area contributed by atoms with Gasteiger partial charge in [0.1, 0.15) is 4.90 Å². The number of anilines is 1. The quantitative estimate of drug-likeness (QED) is 0.639. The van der Waals surface area contributed by atoms with Crippen molar-refractivity contribution in [3.05, 3.63) is 63.2 Å². The summed E-state index contributed by atoms with van der Waals surface area (Å²) in [6.07, 6.45) is 1.74. The standard InChI is InChI=1S/C17H20N2O4S/c1-12-8-13(2)10-14(9-12)6-7-18-15-4-5-16(19(20)21)17(11-15)24(3,22)23/h4-5,8-11,18H,6-7H2,1-3H3. The zero-order chi connectivity index (χ0) is 17.9. The molecule has 0 radical (unpaired) electrons. The van der Waals surface area contributed by atoms with E-state index in [4.69, 9.17) is 0 Å². The minimum absolute atomic E-state index is 0.274. The Morgan fingerprint density at radius 3 is 2.25 bits per heavy atom. The highest BCUT2D eigenvalue weighted by Gasteiger charge is 2.22. The molecule has 2 aromatic rings. The molecule has 0 aliphatic heterocycles.